The lowest BCUT2D eigenvalue weighted by molar-refractivity contribution is -0.139. The Labute approximate surface area is 129 Å². The summed E-state index contributed by atoms with van der Waals surface area (Å²) < 4.78 is 0. The van der Waals surface area contributed by atoms with Crippen LogP contribution in [0.2, 0.25) is 0 Å². The van der Waals surface area contributed by atoms with Crippen LogP contribution in [0.4, 0.5) is 0 Å². The molecule has 1 aliphatic rings. The van der Waals surface area contributed by atoms with E-state index in [9.17, 15) is 9.59 Å². The highest BCUT2D eigenvalue weighted by molar-refractivity contribution is 6.08. The molecule has 22 heavy (non-hydrogen) atoms. The van der Waals surface area contributed by atoms with Crippen LogP contribution >= 0.6 is 0 Å². The summed E-state index contributed by atoms with van der Waals surface area (Å²) in [4.78, 5) is 30.6. The number of aromatic nitrogens is 1. The standard InChI is InChI=1S/C18H18N2O2/c1-18(14-7-3-2-4-8-14)13-16(21)20(17(18)22)12-10-15-9-5-6-11-19-15/h2-9,11H,10,12-13H2,1H3. The van der Waals surface area contributed by atoms with Gasteiger partial charge in [0.2, 0.25) is 11.8 Å². The highest BCUT2D eigenvalue weighted by atomic mass is 16.2. The van der Waals surface area contributed by atoms with E-state index in [0.29, 0.717) is 13.0 Å². The molecule has 0 saturated carbocycles. The first-order valence-corrected chi connectivity index (χ1v) is 7.41. The number of hydrogen-bond donors (Lipinski definition) is 0. The first kappa shape index (κ1) is 14.4. The minimum absolute atomic E-state index is 0.104. The van der Waals surface area contributed by atoms with Crippen LogP contribution in [-0.2, 0) is 21.4 Å². The van der Waals surface area contributed by atoms with Crippen molar-refractivity contribution < 1.29 is 9.59 Å². The summed E-state index contributed by atoms with van der Waals surface area (Å²) in [6.45, 7) is 2.24. The van der Waals surface area contributed by atoms with Crippen molar-refractivity contribution in [2.75, 3.05) is 6.54 Å². The maximum Gasteiger partial charge on any atom is 0.240 e. The summed E-state index contributed by atoms with van der Waals surface area (Å²) in [7, 11) is 0. The van der Waals surface area contributed by atoms with Crippen molar-refractivity contribution in [3.05, 3.63) is 66.0 Å². The molecular weight excluding hydrogens is 276 g/mol. The Kier molecular flexibility index (Phi) is 3.75. The number of carbonyl (C=O) groups is 2. The van der Waals surface area contributed by atoms with Crippen molar-refractivity contribution in [3.63, 3.8) is 0 Å². The minimum Gasteiger partial charge on any atom is -0.281 e. The second-order valence-corrected chi connectivity index (χ2v) is 5.80. The van der Waals surface area contributed by atoms with Gasteiger partial charge in [-0.25, -0.2) is 0 Å². The number of pyridine rings is 1. The Morgan fingerprint density at radius 3 is 2.50 bits per heavy atom. The van der Waals surface area contributed by atoms with Gasteiger partial charge in [0.1, 0.15) is 0 Å². The SMILES string of the molecule is CC1(c2ccccc2)CC(=O)N(CCc2ccccn2)C1=O. The van der Waals surface area contributed by atoms with E-state index < -0.39 is 5.41 Å². The molecule has 0 aliphatic carbocycles. The zero-order chi connectivity index (χ0) is 15.6. The van der Waals surface area contributed by atoms with Crippen molar-refractivity contribution in [1.29, 1.82) is 0 Å². The molecule has 4 nitrogen and oxygen atoms in total. The molecule has 0 bridgehead atoms. The monoisotopic (exact) mass is 294 g/mol. The molecule has 2 amide bonds. The smallest absolute Gasteiger partial charge is 0.240 e. The van der Waals surface area contributed by atoms with Gasteiger partial charge in [-0.15, -0.1) is 0 Å². The molecule has 1 aromatic heterocycles. The van der Waals surface area contributed by atoms with E-state index in [1.807, 2.05) is 55.5 Å². The lowest BCUT2D eigenvalue weighted by Crippen LogP contribution is -2.37. The second-order valence-electron chi connectivity index (χ2n) is 5.80. The van der Waals surface area contributed by atoms with Crippen molar-refractivity contribution in [3.8, 4) is 0 Å². The fraction of sp³-hybridized carbons (Fsp3) is 0.278. The molecular formula is C18H18N2O2. The molecule has 1 aromatic carbocycles. The number of benzene rings is 1. The van der Waals surface area contributed by atoms with E-state index >= 15 is 0 Å². The van der Waals surface area contributed by atoms with Crippen molar-refractivity contribution in [1.82, 2.24) is 9.88 Å². The summed E-state index contributed by atoms with van der Waals surface area (Å²) >= 11 is 0. The van der Waals surface area contributed by atoms with E-state index in [-0.39, 0.29) is 18.2 Å². The number of amides is 2. The molecule has 2 aromatic rings. The van der Waals surface area contributed by atoms with Crippen molar-refractivity contribution in [2.24, 2.45) is 0 Å². The third kappa shape index (κ3) is 2.52. The molecule has 1 fully saturated rings. The average Bonchev–Trinajstić information content (AvgIpc) is 2.78. The minimum atomic E-state index is -0.748. The van der Waals surface area contributed by atoms with Gasteiger partial charge in [0.15, 0.2) is 0 Å². The molecule has 0 spiro atoms. The average molecular weight is 294 g/mol. The number of nitrogens with zero attached hydrogens (tertiary/aromatic N) is 2. The Hall–Kier alpha value is -2.49. The van der Waals surface area contributed by atoms with Crippen LogP contribution < -0.4 is 0 Å². The van der Waals surface area contributed by atoms with Gasteiger partial charge < -0.3 is 0 Å². The van der Waals surface area contributed by atoms with Gasteiger partial charge in [0.05, 0.1) is 5.41 Å². The highest BCUT2D eigenvalue weighted by Gasteiger charge is 2.48. The van der Waals surface area contributed by atoms with E-state index in [1.165, 1.54) is 4.90 Å². The molecule has 1 saturated heterocycles. The van der Waals surface area contributed by atoms with E-state index in [4.69, 9.17) is 0 Å². The van der Waals surface area contributed by atoms with Gasteiger partial charge in [0, 0.05) is 31.3 Å². The number of likely N-dealkylation sites (tertiary alicyclic amines) is 1. The van der Waals surface area contributed by atoms with Gasteiger partial charge in [-0.3, -0.25) is 19.5 Å². The Morgan fingerprint density at radius 1 is 1.09 bits per heavy atom. The van der Waals surface area contributed by atoms with E-state index in [0.717, 1.165) is 11.3 Å². The quantitative estimate of drug-likeness (QED) is 0.813. The Bertz CT molecular complexity index is 685. The summed E-state index contributed by atoms with van der Waals surface area (Å²) in [5, 5.41) is 0. The fourth-order valence-electron chi connectivity index (χ4n) is 2.91. The fourth-order valence-corrected chi connectivity index (χ4v) is 2.91. The first-order chi connectivity index (χ1) is 10.6. The van der Waals surface area contributed by atoms with Crippen LogP contribution in [0.3, 0.4) is 0 Å². The van der Waals surface area contributed by atoms with Crippen LogP contribution in [0.15, 0.2) is 54.7 Å². The Morgan fingerprint density at radius 2 is 1.82 bits per heavy atom. The predicted octanol–water partition coefficient (Wildman–Crippen LogP) is 2.34. The normalized spacial score (nSPS) is 21.4. The maximum atomic E-state index is 12.7. The van der Waals surface area contributed by atoms with Crippen molar-refractivity contribution in [2.45, 2.75) is 25.2 Å². The molecule has 1 atom stereocenters. The number of hydrogen-bond acceptors (Lipinski definition) is 3. The molecule has 1 unspecified atom stereocenters. The second kappa shape index (κ2) is 5.72. The molecule has 0 N–H and O–H groups in total. The third-order valence-corrected chi connectivity index (χ3v) is 4.25. The zero-order valence-corrected chi connectivity index (χ0v) is 12.5. The number of rotatable bonds is 4. The number of imide groups is 1. The van der Waals surface area contributed by atoms with E-state index in [1.54, 1.807) is 6.20 Å². The molecule has 2 heterocycles. The molecule has 3 rings (SSSR count). The first-order valence-electron chi connectivity index (χ1n) is 7.41. The summed E-state index contributed by atoms with van der Waals surface area (Å²) in [5.41, 5.74) is 1.03. The van der Waals surface area contributed by atoms with Gasteiger partial charge in [0.25, 0.3) is 0 Å². The van der Waals surface area contributed by atoms with Gasteiger partial charge >= 0.3 is 0 Å². The largest absolute Gasteiger partial charge is 0.281 e. The van der Waals surface area contributed by atoms with Crippen LogP contribution in [0.1, 0.15) is 24.6 Å². The highest BCUT2D eigenvalue weighted by Crippen LogP contribution is 2.36. The molecule has 4 heteroatoms. The maximum absolute atomic E-state index is 12.7. The third-order valence-electron chi connectivity index (χ3n) is 4.25. The van der Waals surface area contributed by atoms with Gasteiger partial charge in [-0.1, -0.05) is 36.4 Å². The Balaban J connectivity index is 1.77. The lowest BCUT2D eigenvalue weighted by atomic mass is 9.81. The zero-order valence-electron chi connectivity index (χ0n) is 12.5. The van der Waals surface area contributed by atoms with Crippen molar-refractivity contribution >= 4 is 11.8 Å². The summed E-state index contributed by atoms with van der Waals surface area (Å²) in [6.07, 6.45) is 2.54. The van der Waals surface area contributed by atoms with Crippen LogP contribution in [-0.4, -0.2) is 28.2 Å². The van der Waals surface area contributed by atoms with Crippen LogP contribution in [0.5, 0.6) is 0 Å². The van der Waals surface area contributed by atoms with Crippen LogP contribution in [0.25, 0.3) is 0 Å². The lowest BCUT2D eigenvalue weighted by Gasteiger charge is -2.22. The van der Waals surface area contributed by atoms with Crippen LogP contribution in [0, 0.1) is 0 Å². The van der Waals surface area contributed by atoms with Gasteiger partial charge in [-0.2, -0.15) is 0 Å². The topological polar surface area (TPSA) is 50.3 Å². The van der Waals surface area contributed by atoms with Gasteiger partial charge in [-0.05, 0) is 24.6 Å². The number of carbonyl (C=O) groups excluding carboxylic acids is 2. The van der Waals surface area contributed by atoms with E-state index in [2.05, 4.69) is 4.98 Å². The molecule has 1 aliphatic heterocycles. The predicted molar refractivity (Wildman–Crippen MR) is 83.1 cm³/mol. The summed E-state index contributed by atoms with van der Waals surface area (Å²) in [6, 6.07) is 15.2. The molecule has 0 radical (unpaired) electrons. The molecule has 112 valence electrons. The summed E-state index contributed by atoms with van der Waals surface area (Å²) in [5.74, 6) is -0.216.